The van der Waals surface area contributed by atoms with E-state index in [-0.39, 0.29) is 29.4 Å². The van der Waals surface area contributed by atoms with Crippen molar-refractivity contribution >= 4 is 23.4 Å². The van der Waals surface area contributed by atoms with Gasteiger partial charge < -0.3 is 14.9 Å². The van der Waals surface area contributed by atoms with Crippen LogP contribution in [0.4, 0.5) is 16.2 Å². The van der Waals surface area contributed by atoms with Crippen molar-refractivity contribution in [1.29, 1.82) is 0 Å². The number of benzene rings is 1. The van der Waals surface area contributed by atoms with Gasteiger partial charge in [0.25, 0.3) is 5.69 Å². The smallest absolute Gasteiger partial charge is 0.412 e. The summed E-state index contributed by atoms with van der Waals surface area (Å²) in [6, 6.07) is 5.86. The number of ether oxygens (including phenoxy) is 1. The zero-order valence-corrected chi connectivity index (χ0v) is 12.5. The van der Waals surface area contributed by atoms with Gasteiger partial charge in [-0.15, -0.1) is 0 Å². The molecule has 10 heteroatoms. The number of anilines is 1. The monoisotopic (exact) mass is 345 g/mol. The van der Waals surface area contributed by atoms with Crippen LogP contribution in [0.15, 0.2) is 36.5 Å². The van der Waals surface area contributed by atoms with E-state index in [4.69, 9.17) is 4.74 Å². The molecule has 10 nitrogen and oxygen atoms in total. The first-order valence-electron chi connectivity index (χ1n) is 7.03. The van der Waals surface area contributed by atoms with Crippen molar-refractivity contribution in [2.75, 3.05) is 4.90 Å². The van der Waals surface area contributed by atoms with Gasteiger partial charge in [-0.3, -0.25) is 15.0 Å². The molecule has 1 aliphatic rings. The Morgan fingerprint density at radius 3 is 2.60 bits per heavy atom. The number of pyridine rings is 1. The van der Waals surface area contributed by atoms with Crippen LogP contribution in [0, 0.1) is 10.1 Å². The zero-order chi connectivity index (χ0) is 18.1. The van der Waals surface area contributed by atoms with E-state index in [0.29, 0.717) is 5.56 Å². The van der Waals surface area contributed by atoms with Crippen LogP contribution in [0.1, 0.15) is 5.56 Å². The second kappa shape index (κ2) is 6.07. The Bertz CT molecular complexity index is 866. The van der Waals surface area contributed by atoms with Gasteiger partial charge in [-0.2, -0.15) is 0 Å². The first kappa shape index (κ1) is 16.2. The summed E-state index contributed by atoms with van der Waals surface area (Å²) in [7, 11) is 0. The van der Waals surface area contributed by atoms with Crippen molar-refractivity contribution in [3.05, 3.63) is 52.2 Å². The molecule has 0 bridgehead atoms. The molecule has 1 aromatic carbocycles. The van der Waals surface area contributed by atoms with E-state index in [0.717, 1.165) is 11.1 Å². The zero-order valence-electron chi connectivity index (χ0n) is 12.5. The number of fused-ring (bicyclic) bond motifs is 1. The molecule has 0 saturated carbocycles. The Labute approximate surface area is 140 Å². The number of aliphatic carboxylic acids is 1. The molecule has 0 aliphatic carbocycles. The fourth-order valence-corrected chi connectivity index (χ4v) is 2.57. The molecule has 1 amide bonds. The average Bonchev–Trinajstić information content (AvgIpc) is 2.94. The largest absolute Gasteiger partial charge is 0.480 e. The minimum atomic E-state index is -1.38. The first-order chi connectivity index (χ1) is 11.9. The van der Waals surface area contributed by atoms with E-state index < -0.39 is 23.0 Å². The molecule has 2 aromatic rings. The number of carboxylic acid groups (broad SMARTS) is 2. The number of carboxylic acids is 1. The fourth-order valence-electron chi connectivity index (χ4n) is 2.57. The highest BCUT2D eigenvalue weighted by atomic mass is 16.6. The lowest BCUT2D eigenvalue weighted by Gasteiger charge is -2.19. The van der Waals surface area contributed by atoms with Crippen molar-refractivity contribution in [3.63, 3.8) is 0 Å². The van der Waals surface area contributed by atoms with Gasteiger partial charge in [0.1, 0.15) is 18.0 Å². The van der Waals surface area contributed by atoms with Crippen LogP contribution in [-0.4, -0.2) is 38.2 Å². The Morgan fingerprint density at radius 1 is 1.28 bits per heavy atom. The summed E-state index contributed by atoms with van der Waals surface area (Å²) in [5.41, 5.74) is 0.598. The molecule has 2 heterocycles. The third-order valence-corrected chi connectivity index (χ3v) is 3.69. The topological polar surface area (TPSA) is 143 Å². The van der Waals surface area contributed by atoms with Gasteiger partial charge in [-0.05, 0) is 11.6 Å². The lowest BCUT2D eigenvalue weighted by atomic mass is 10.1. The summed E-state index contributed by atoms with van der Waals surface area (Å²) in [6.07, 6.45) is -0.281. The SMILES string of the molecule is O=C(O)C1Cc2ccc(Oc3ccc([N+](=O)[O-])cn3)cc2N1C(=O)O. The highest BCUT2D eigenvalue weighted by molar-refractivity contribution is 5.97. The van der Waals surface area contributed by atoms with Crippen LogP contribution in [0.25, 0.3) is 0 Å². The van der Waals surface area contributed by atoms with Crippen LogP contribution in [0.3, 0.4) is 0 Å². The maximum absolute atomic E-state index is 11.4. The van der Waals surface area contributed by atoms with E-state index >= 15 is 0 Å². The molecule has 1 unspecified atom stereocenters. The predicted octanol–water partition coefficient (Wildman–Crippen LogP) is 2.28. The molecule has 0 fully saturated rings. The molecule has 0 saturated heterocycles. The molecule has 0 spiro atoms. The van der Waals surface area contributed by atoms with Gasteiger partial charge in [-0.1, -0.05) is 6.07 Å². The van der Waals surface area contributed by atoms with Crippen LogP contribution in [0.5, 0.6) is 11.6 Å². The standard InChI is InChI=1S/C15H11N3O7/c19-14(20)12-5-8-1-3-10(6-11(8)17(12)15(21)22)25-13-4-2-9(7-16-13)18(23)24/h1-4,6-7,12H,5H2,(H,19,20)(H,21,22). The molecule has 128 valence electrons. The number of nitrogens with zero attached hydrogens (tertiary/aromatic N) is 3. The lowest BCUT2D eigenvalue weighted by molar-refractivity contribution is -0.385. The van der Waals surface area contributed by atoms with Crippen molar-refractivity contribution in [2.24, 2.45) is 0 Å². The summed E-state index contributed by atoms with van der Waals surface area (Å²) in [6.45, 7) is 0. The predicted molar refractivity (Wildman–Crippen MR) is 83.0 cm³/mol. The van der Waals surface area contributed by atoms with Gasteiger partial charge in [0.05, 0.1) is 10.6 Å². The molecule has 2 N–H and O–H groups in total. The van der Waals surface area contributed by atoms with Crippen LogP contribution < -0.4 is 9.64 Å². The van der Waals surface area contributed by atoms with Crippen LogP contribution in [-0.2, 0) is 11.2 Å². The Morgan fingerprint density at radius 2 is 2.04 bits per heavy atom. The van der Waals surface area contributed by atoms with Crippen molar-refractivity contribution in [1.82, 2.24) is 4.98 Å². The summed E-state index contributed by atoms with van der Waals surface area (Å²) < 4.78 is 5.46. The number of rotatable bonds is 4. The van der Waals surface area contributed by atoms with E-state index in [1.165, 1.54) is 18.2 Å². The third-order valence-electron chi connectivity index (χ3n) is 3.69. The number of carbonyl (C=O) groups is 2. The number of hydrogen-bond acceptors (Lipinski definition) is 6. The van der Waals surface area contributed by atoms with Crippen LogP contribution in [0.2, 0.25) is 0 Å². The van der Waals surface area contributed by atoms with Crippen molar-refractivity contribution in [3.8, 4) is 11.6 Å². The summed E-state index contributed by atoms with van der Waals surface area (Å²) in [5, 5.41) is 29.1. The molecular weight excluding hydrogens is 334 g/mol. The highest BCUT2D eigenvalue weighted by Crippen LogP contribution is 2.36. The highest BCUT2D eigenvalue weighted by Gasteiger charge is 2.38. The minimum Gasteiger partial charge on any atom is -0.480 e. The summed E-state index contributed by atoms with van der Waals surface area (Å²) in [5.74, 6) is -0.921. The maximum Gasteiger partial charge on any atom is 0.412 e. The van der Waals surface area contributed by atoms with Crippen molar-refractivity contribution < 1.29 is 29.5 Å². The molecule has 1 aliphatic heterocycles. The quantitative estimate of drug-likeness (QED) is 0.634. The maximum atomic E-state index is 11.4. The van der Waals surface area contributed by atoms with Crippen LogP contribution >= 0.6 is 0 Å². The fraction of sp³-hybridized carbons (Fsp3) is 0.133. The third kappa shape index (κ3) is 3.04. The van der Waals surface area contributed by atoms with Gasteiger partial charge in [0, 0.05) is 24.6 Å². The molecule has 1 atom stereocenters. The lowest BCUT2D eigenvalue weighted by Crippen LogP contribution is -2.42. The van der Waals surface area contributed by atoms with E-state index in [1.54, 1.807) is 12.1 Å². The van der Waals surface area contributed by atoms with Gasteiger partial charge >= 0.3 is 12.1 Å². The molecule has 25 heavy (non-hydrogen) atoms. The van der Waals surface area contributed by atoms with E-state index in [2.05, 4.69) is 4.98 Å². The Balaban J connectivity index is 1.88. The summed E-state index contributed by atoms with van der Waals surface area (Å²) in [4.78, 5) is 37.2. The Kier molecular flexibility index (Phi) is 3.93. The minimum absolute atomic E-state index is 0.0625. The first-order valence-corrected chi connectivity index (χ1v) is 7.03. The van der Waals surface area contributed by atoms with Gasteiger partial charge in [0.15, 0.2) is 0 Å². The average molecular weight is 345 g/mol. The van der Waals surface area contributed by atoms with E-state index in [9.17, 15) is 29.9 Å². The number of aromatic nitrogens is 1. The number of nitro groups is 1. The van der Waals surface area contributed by atoms with Crippen molar-refractivity contribution in [2.45, 2.75) is 12.5 Å². The van der Waals surface area contributed by atoms with E-state index in [1.807, 2.05) is 0 Å². The molecule has 1 aromatic heterocycles. The Hall–Kier alpha value is -3.69. The number of hydrogen-bond donors (Lipinski definition) is 2. The summed E-state index contributed by atoms with van der Waals surface area (Å²) >= 11 is 0. The normalized spacial score (nSPS) is 15.5. The molecule has 3 rings (SSSR count). The van der Waals surface area contributed by atoms with Gasteiger partial charge in [-0.25, -0.2) is 14.6 Å². The molecular formula is C15H11N3O7. The van der Waals surface area contributed by atoms with Gasteiger partial charge in [0.2, 0.25) is 5.88 Å². The molecule has 0 radical (unpaired) electrons. The second-order valence-corrected chi connectivity index (χ2v) is 5.22. The second-order valence-electron chi connectivity index (χ2n) is 5.22. The number of amides is 1.